The van der Waals surface area contributed by atoms with Gasteiger partial charge in [-0.15, -0.1) is 6.58 Å². The Bertz CT molecular complexity index is 1350. The molecule has 3 amide bonds. The standard InChI is InChI=1S/C29H35Cl2N3O4S/c1-5-16-29(3)18-24(20-8-7-9-22(31)17-20)26(19-10-12-21(30)13-11-19)34(27(29)35)25(6-2)32-28(36)33(4)39(37,38)23-14-15-23/h5,7-13,17,23-26H,1,6,14-16,18H2,2-4H3,(H,32,36)/t24-,25-,26-,29+/m1/s1. The van der Waals surface area contributed by atoms with E-state index in [-0.39, 0.29) is 11.8 Å². The molecule has 0 unspecified atom stereocenters. The summed E-state index contributed by atoms with van der Waals surface area (Å²) in [7, 11) is -2.48. The van der Waals surface area contributed by atoms with Crippen molar-refractivity contribution in [1.82, 2.24) is 14.5 Å². The van der Waals surface area contributed by atoms with E-state index in [1.165, 1.54) is 7.05 Å². The monoisotopic (exact) mass is 591 g/mol. The first-order valence-electron chi connectivity index (χ1n) is 13.2. The Hall–Kier alpha value is -2.55. The highest BCUT2D eigenvalue weighted by molar-refractivity contribution is 7.90. The molecule has 39 heavy (non-hydrogen) atoms. The molecule has 0 aromatic heterocycles. The van der Waals surface area contributed by atoms with Crippen molar-refractivity contribution in [3.63, 3.8) is 0 Å². The van der Waals surface area contributed by atoms with Gasteiger partial charge in [-0.25, -0.2) is 17.5 Å². The first-order chi connectivity index (χ1) is 18.4. The first-order valence-corrected chi connectivity index (χ1v) is 15.4. The Morgan fingerprint density at radius 2 is 1.85 bits per heavy atom. The fourth-order valence-corrected chi connectivity index (χ4v) is 7.33. The summed E-state index contributed by atoms with van der Waals surface area (Å²) in [6.45, 7) is 7.67. The summed E-state index contributed by atoms with van der Waals surface area (Å²) >= 11 is 12.6. The predicted octanol–water partition coefficient (Wildman–Crippen LogP) is 6.50. The van der Waals surface area contributed by atoms with E-state index in [0.717, 1.165) is 15.4 Å². The van der Waals surface area contributed by atoms with E-state index in [4.69, 9.17) is 23.2 Å². The number of carbonyl (C=O) groups is 2. The Balaban J connectivity index is 1.82. The second-order valence-corrected chi connectivity index (χ2v) is 13.8. The van der Waals surface area contributed by atoms with E-state index in [1.807, 2.05) is 50.2 Å². The molecule has 0 bridgehead atoms. The van der Waals surface area contributed by atoms with Crippen LogP contribution in [-0.4, -0.2) is 48.0 Å². The minimum atomic E-state index is -3.75. The lowest BCUT2D eigenvalue weighted by atomic mass is 9.67. The fourth-order valence-electron chi connectivity index (χ4n) is 5.54. The number of amides is 3. The maximum atomic E-state index is 14.3. The maximum absolute atomic E-state index is 14.3. The van der Waals surface area contributed by atoms with Gasteiger partial charge in [0.05, 0.1) is 16.7 Å². The molecule has 1 aliphatic carbocycles. The van der Waals surface area contributed by atoms with Crippen molar-refractivity contribution in [2.45, 2.75) is 69.3 Å². The van der Waals surface area contributed by atoms with Crippen LogP contribution in [-0.2, 0) is 14.8 Å². The third-order valence-electron chi connectivity index (χ3n) is 7.81. The molecule has 4 rings (SSSR count). The summed E-state index contributed by atoms with van der Waals surface area (Å²) in [6.07, 6.45) is 3.39. The van der Waals surface area contributed by atoms with Crippen LogP contribution in [0.15, 0.2) is 61.2 Å². The van der Waals surface area contributed by atoms with Gasteiger partial charge in [0, 0.05) is 23.0 Å². The lowest BCUT2D eigenvalue weighted by Crippen LogP contribution is -2.61. The summed E-state index contributed by atoms with van der Waals surface area (Å²) in [6, 6.07) is 13.7. The van der Waals surface area contributed by atoms with E-state index in [0.29, 0.717) is 42.1 Å². The Morgan fingerprint density at radius 3 is 2.41 bits per heavy atom. The summed E-state index contributed by atoms with van der Waals surface area (Å²) in [5.74, 6) is -0.313. The van der Waals surface area contributed by atoms with E-state index in [2.05, 4.69) is 11.9 Å². The molecule has 1 N–H and O–H groups in total. The number of hydrogen-bond donors (Lipinski definition) is 1. The number of nitrogens with one attached hydrogen (secondary N) is 1. The van der Waals surface area contributed by atoms with Gasteiger partial charge in [-0.05, 0) is 67.5 Å². The zero-order valence-electron chi connectivity index (χ0n) is 22.4. The fraction of sp³-hybridized carbons (Fsp3) is 0.448. The lowest BCUT2D eigenvalue weighted by Gasteiger charge is -2.52. The van der Waals surface area contributed by atoms with Crippen molar-refractivity contribution in [1.29, 1.82) is 0 Å². The Morgan fingerprint density at radius 1 is 1.18 bits per heavy atom. The van der Waals surface area contributed by atoms with Crippen LogP contribution in [0.2, 0.25) is 10.0 Å². The summed E-state index contributed by atoms with van der Waals surface area (Å²) < 4.78 is 26.3. The largest absolute Gasteiger partial charge is 0.332 e. The number of allylic oxidation sites excluding steroid dienone is 1. The van der Waals surface area contributed by atoms with Gasteiger partial charge in [-0.2, -0.15) is 0 Å². The van der Waals surface area contributed by atoms with Gasteiger partial charge in [0.1, 0.15) is 6.17 Å². The summed E-state index contributed by atoms with van der Waals surface area (Å²) in [5, 5.41) is 3.48. The number of likely N-dealkylation sites (tertiary alicyclic amines) is 1. The van der Waals surface area contributed by atoms with Crippen molar-refractivity contribution >= 4 is 45.2 Å². The molecule has 2 aromatic rings. The van der Waals surface area contributed by atoms with Gasteiger partial charge in [-0.1, -0.05) is 67.4 Å². The maximum Gasteiger partial charge on any atom is 0.332 e. The highest BCUT2D eigenvalue weighted by atomic mass is 35.5. The Kier molecular flexibility index (Phi) is 8.69. The van der Waals surface area contributed by atoms with Crippen molar-refractivity contribution < 1.29 is 18.0 Å². The summed E-state index contributed by atoms with van der Waals surface area (Å²) in [4.78, 5) is 29.3. The van der Waals surface area contributed by atoms with Crippen LogP contribution < -0.4 is 5.32 Å². The Labute approximate surface area is 241 Å². The van der Waals surface area contributed by atoms with Gasteiger partial charge >= 0.3 is 6.03 Å². The van der Waals surface area contributed by atoms with E-state index >= 15 is 0 Å². The van der Waals surface area contributed by atoms with Gasteiger partial charge in [-0.3, -0.25) is 4.79 Å². The zero-order valence-corrected chi connectivity index (χ0v) is 24.8. The number of halogens is 2. The van der Waals surface area contributed by atoms with Gasteiger partial charge < -0.3 is 10.2 Å². The molecule has 1 heterocycles. The van der Waals surface area contributed by atoms with Crippen LogP contribution in [0, 0.1) is 5.41 Å². The van der Waals surface area contributed by atoms with Gasteiger partial charge in [0.15, 0.2) is 0 Å². The molecular formula is C29H35Cl2N3O4S. The minimum Gasteiger partial charge on any atom is -0.317 e. The van der Waals surface area contributed by atoms with E-state index in [1.54, 1.807) is 23.1 Å². The van der Waals surface area contributed by atoms with Crippen LogP contribution >= 0.6 is 23.2 Å². The smallest absolute Gasteiger partial charge is 0.317 e. The zero-order chi connectivity index (χ0) is 28.5. The number of hydrogen-bond acceptors (Lipinski definition) is 4. The summed E-state index contributed by atoms with van der Waals surface area (Å²) in [5.41, 5.74) is 1.01. The molecular weight excluding hydrogens is 557 g/mol. The molecule has 1 saturated heterocycles. The lowest BCUT2D eigenvalue weighted by molar-refractivity contribution is -0.155. The second kappa shape index (κ2) is 11.5. The van der Waals surface area contributed by atoms with E-state index in [9.17, 15) is 18.0 Å². The first kappa shape index (κ1) is 29.4. The molecule has 4 atom stereocenters. The molecule has 2 aliphatic rings. The molecule has 0 spiro atoms. The molecule has 2 aromatic carbocycles. The second-order valence-electron chi connectivity index (χ2n) is 10.7. The van der Waals surface area contributed by atoms with E-state index < -0.39 is 38.9 Å². The average molecular weight is 593 g/mol. The van der Waals surface area contributed by atoms with Crippen LogP contribution in [0.25, 0.3) is 0 Å². The number of rotatable bonds is 9. The normalized spacial score (nSPS) is 24.2. The molecule has 210 valence electrons. The highest BCUT2D eigenvalue weighted by Crippen LogP contribution is 2.52. The number of piperidine rings is 1. The van der Waals surface area contributed by atoms with Gasteiger partial charge in [0.2, 0.25) is 15.9 Å². The SMILES string of the molecule is C=CC[C@@]1(C)C[C@H](c2cccc(Cl)c2)[C@@H](c2ccc(Cl)cc2)N([C@H](CC)NC(=O)N(C)S(=O)(=O)C2CC2)C1=O. The number of benzene rings is 2. The average Bonchev–Trinajstić information content (AvgIpc) is 3.75. The topological polar surface area (TPSA) is 86.8 Å². The van der Waals surface area contributed by atoms with Crippen LogP contribution in [0.1, 0.15) is 69.0 Å². The van der Waals surface area contributed by atoms with Gasteiger partial charge in [0.25, 0.3) is 0 Å². The van der Waals surface area contributed by atoms with Crippen molar-refractivity contribution in [2.24, 2.45) is 5.41 Å². The number of urea groups is 1. The predicted molar refractivity (Wildman–Crippen MR) is 155 cm³/mol. The molecule has 10 heteroatoms. The third kappa shape index (κ3) is 5.98. The minimum absolute atomic E-state index is 0.138. The molecule has 7 nitrogen and oxygen atoms in total. The number of sulfonamides is 1. The molecule has 1 aliphatic heterocycles. The van der Waals surface area contributed by atoms with Crippen molar-refractivity contribution in [3.05, 3.63) is 82.4 Å². The van der Waals surface area contributed by atoms with Crippen LogP contribution in [0.3, 0.4) is 0 Å². The number of nitrogens with zero attached hydrogens (tertiary/aromatic N) is 2. The quantitative estimate of drug-likeness (QED) is 0.337. The third-order valence-corrected chi connectivity index (χ3v) is 10.5. The van der Waals surface area contributed by atoms with Crippen LogP contribution in [0.5, 0.6) is 0 Å². The van der Waals surface area contributed by atoms with Crippen molar-refractivity contribution in [2.75, 3.05) is 7.05 Å². The van der Waals surface area contributed by atoms with Crippen LogP contribution in [0.4, 0.5) is 4.79 Å². The molecule has 2 fully saturated rings. The molecule has 1 saturated carbocycles. The highest BCUT2D eigenvalue weighted by Gasteiger charge is 2.51. The molecule has 0 radical (unpaired) electrons. The number of carbonyl (C=O) groups excluding carboxylic acids is 2. The van der Waals surface area contributed by atoms with Crippen molar-refractivity contribution in [3.8, 4) is 0 Å².